The quantitative estimate of drug-likeness (QED) is 0.791. The highest BCUT2D eigenvalue weighted by atomic mass is 15.1. The predicted octanol–water partition coefficient (Wildman–Crippen LogP) is 3.02. The molecule has 0 bridgehead atoms. The van der Waals surface area contributed by atoms with Crippen molar-refractivity contribution in [2.75, 3.05) is 0 Å². The largest absolute Gasteiger partial charge is 0.324 e. The Morgan fingerprint density at radius 1 is 1.40 bits per heavy atom. The van der Waals surface area contributed by atoms with Crippen LogP contribution in [0.25, 0.3) is 22.4 Å². The standard InChI is InChI=1S/C15H15N5/c1-3-6-20-14-5-4-11(8-16)7-13(14)18-15(20)12-9-17-19-10(12)2/h4-5,7,9H,3,6H2,1-2H3,(H,17,19). The van der Waals surface area contributed by atoms with Crippen molar-refractivity contribution in [1.29, 1.82) is 5.26 Å². The molecule has 5 heteroatoms. The summed E-state index contributed by atoms with van der Waals surface area (Å²) in [6, 6.07) is 7.80. The SMILES string of the molecule is CCCn1c(-c2cn[nH]c2C)nc2cc(C#N)ccc21. The van der Waals surface area contributed by atoms with Gasteiger partial charge in [0.05, 0.1) is 34.4 Å². The fourth-order valence-corrected chi connectivity index (χ4v) is 2.43. The van der Waals surface area contributed by atoms with Crippen LogP contribution in [0.2, 0.25) is 0 Å². The van der Waals surface area contributed by atoms with Gasteiger partial charge in [-0.1, -0.05) is 6.92 Å². The lowest BCUT2D eigenvalue weighted by Crippen LogP contribution is -1.99. The van der Waals surface area contributed by atoms with Gasteiger partial charge in [0, 0.05) is 12.2 Å². The molecule has 3 rings (SSSR count). The number of aromatic amines is 1. The van der Waals surface area contributed by atoms with Crippen molar-refractivity contribution in [2.45, 2.75) is 26.8 Å². The van der Waals surface area contributed by atoms with Crippen LogP contribution in [0.3, 0.4) is 0 Å². The monoisotopic (exact) mass is 265 g/mol. The molecule has 0 unspecified atom stereocenters. The summed E-state index contributed by atoms with van der Waals surface area (Å²) in [7, 11) is 0. The first-order valence-corrected chi connectivity index (χ1v) is 6.65. The Labute approximate surface area is 116 Å². The van der Waals surface area contributed by atoms with E-state index in [0.717, 1.165) is 41.1 Å². The Morgan fingerprint density at radius 2 is 2.25 bits per heavy atom. The molecule has 3 aromatic rings. The maximum Gasteiger partial charge on any atom is 0.144 e. The molecular weight excluding hydrogens is 250 g/mol. The Hall–Kier alpha value is -2.61. The Kier molecular flexibility index (Phi) is 2.99. The van der Waals surface area contributed by atoms with E-state index in [-0.39, 0.29) is 0 Å². The molecule has 0 atom stereocenters. The van der Waals surface area contributed by atoms with E-state index in [4.69, 9.17) is 10.2 Å². The van der Waals surface area contributed by atoms with Crippen LogP contribution in [0, 0.1) is 18.3 Å². The molecule has 0 aliphatic heterocycles. The van der Waals surface area contributed by atoms with Crippen LogP contribution in [0.4, 0.5) is 0 Å². The number of benzene rings is 1. The molecule has 0 spiro atoms. The lowest BCUT2D eigenvalue weighted by atomic mass is 10.2. The summed E-state index contributed by atoms with van der Waals surface area (Å²) in [5.41, 5.74) is 4.55. The third kappa shape index (κ3) is 1.86. The summed E-state index contributed by atoms with van der Waals surface area (Å²) in [6.45, 7) is 5.02. The van der Waals surface area contributed by atoms with E-state index in [2.05, 4.69) is 27.8 Å². The second-order valence-electron chi connectivity index (χ2n) is 4.81. The molecule has 0 amide bonds. The van der Waals surface area contributed by atoms with Crippen molar-refractivity contribution in [3.63, 3.8) is 0 Å². The molecule has 0 aliphatic rings. The average Bonchev–Trinajstić information content (AvgIpc) is 3.02. The number of hydrogen-bond acceptors (Lipinski definition) is 3. The summed E-state index contributed by atoms with van der Waals surface area (Å²) in [5.74, 6) is 0.906. The fourth-order valence-electron chi connectivity index (χ4n) is 2.43. The smallest absolute Gasteiger partial charge is 0.144 e. The molecule has 100 valence electrons. The number of aromatic nitrogens is 4. The zero-order valence-electron chi connectivity index (χ0n) is 11.5. The van der Waals surface area contributed by atoms with Crippen LogP contribution in [-0.2, 0) is 6.54 Å². The number of rotatable bonds is 3. The van der Waals surface area contributed by atoms with Gasteiger partial charge in [0.2, 0.25) is 0 Å². The van der Waals surface area contributed by atoms with E-state index in [1.807, 2.05) is 25.1 Å². The van der Waals surface area contributed by atoms with Crippen molar-refractivity contribution in [1.82, 2.24) is 19.7 Å². The topological polar surface area (TPSA) is 70.3 Å². The van der Waals surface area contributed by atoms with E-state index < -0.39 is 0 Å². The lowest BCUT2D eigenvalue weighted by molar-refractivity contribution is 0.704. The van der Waals surface area contributed by atoms with Gasteiger partial charge in [0.1, 0.15) is 5.82 Å². The molecule has 0 fully saturated rings. The van der Waals surface area contributed by atoms with Crippen molar-refractivity contribution in [3.8, 4) is 17.5 Å². The van der Waals surface area contributed by atoms with Gasteiger partial charge in [-0.05, 0) is 31.5 Å². The number of imidazole rings is 1. The Morgan fingerprint density at radius 3 is 2.90 bits per heavy atom. The normalized spacial score (nSPS) is 10.8. The maximum absolute atomic E-state index is 9.01. The number of aryl methyl sites for hydroxylation is 2. The summed E-state index contributed by atoms with van der Waals surface area (Å²) in [5, 5.41) is 16.0. The molecule has 0 aliphatic carbocycles. The van der Waals surface area contributed by atoms with Gasteiger partial charge < -0.3 is 4.57 Å². The second-order valence-corrected chi connectivity index (χ2v) is 4.81. The number of nitriles is 1. The highest BCUT2D eigenvalue weighted by Crippen LogP contribution is 2.27. The predicted molar refractivity (Wildman–Crippen MR) is 77.1 cm³/mol. The number of fused-ring (bicyclic) bond motifs is 1. The maximum atomic E-state index is 9.01. The van der Waals surface area contributed by atoms with Crippen LogP contribution >= 0.6 is 0 Å². The van der Waals surface area contributed by atoms with Crippen LogP contribution < -0.4 is 0 Å². The van der Waals surface area contributed by atoms with Gasteiger partial charge in [-0.25, -0.2) is 4.98 Å². The van der Waals surface area contributed by atoms with Crippen molar-refractivity contribution < 1.29 is 0 Å². The van der Waals surface area contributed by atoms with Crippen molar-refractivity contribution >= 4 is 11.0 Å². The minimum atomic E-state index is 0.633. The van der Waals surface area contributed by atoms with Gasteiger partial charge in [-0.15, -0.1) is 0 Å². The summed E-state index contributed by atoms with van der Waals surface area (Å²) < 4.78 is 2.19. The molecule has 2 aromatic heterocycles. The molecule has 0 radical (unpaired) electrons. The lowest BCUT2D eigenvalue weighted by Gasteiger charge is -2.06. The van der Waals surface area contributed by atoms with Crippen LogP contribution in [0.1, 0.15) is 24.6 Å². The minimum Gasteiger partial charge on any atom is -0.324 e. The molecule has 0 saturated carbocycles. The molecule has 1 aromatic carbocycles. The third-order valence-corrected chi connectivity index (χ3v) is 3.40. The van der Waals surface area contributed by atoms with E-state index in [1.54, 1.807) is 6.20 Å². The van der Waals surface area contributed by atoms with Gasteiger partial charge in [0.15, 0.2) is 0 Å². The molecule has 5 nitrogen and oxygen atoms in total. The molecule has 1 N–H and O–H groups in total. The number of H-pyrrole nitrogens is 1. The van der Waals surface area contributed by atoms with Crippen LogP contribution in [0.5, 0.6) is 0 Å². The van der Waals surface area contributed by atoms with Crippen molar-refractivity contribution in [3.05, 3.63) is 35.7 Å². The first-order chi connectivity index (χ1) is 9.74. The zero-order chi connectivity index (χ0) is 14.1. The molecule has 0 saturated heterocycles. The first kappa shape index (κ1) is 12.4. The van der Waals surface area contributed by atoms with E-state index in [0.29, 0.717) is 5.56 Å². The van der Waals surface area contributed by atoms with Gasteiger partial charge in [-0.2, -0.15) is 10.4 Å². The molecule has 2 heterocycles. The van der Waals surface area contributed by atoms with Gasteiger partial charge >= 0.3 is 0 Å². The number of nitrogens with one attached hydrogen (secondary N) is 1. The summed E-state index contributed by atoms with van der Waals surface area (Å²) in [4.78, 5) is 4.70. The van der Waals surface area contributed by atoms with Crippen molar-refractivity contribution in [2.24, 2.45) is 0 Å². The van der Waals surface area contributed by atoms with Gasteiger partial charge in [-0.3, -0.25) is 5.10 Å². The Balaban J connectivity index is 2.28. The molecular formula is C15H15N5. The highest BCUT2D eigenvalue weighted by Gasteiger charge is 2.15. The zero-order valence-corrected chi connectivity index (χ0v) is 11.5. The third-order valence-electron chi connectivity index (χ3n) is 3.40. The second kappa shape index (κ2) is 4.82. The summed E-state index contributed by atoms with van der Waals surface area (Å²) in [6.07, 6.45) is 2.82. The number of hydrogen-bond donors (Lipinski definition) is 1. The molecule has 20 heavy (non-hydrogen) atoms. The van der Waals surface area contributed by atoms with Gasteiger partial charge in [0.25, 0.3) is 0 Å². The Bertz CT molecular complexity index is 803. The van der Waals surface area contributed by atoms with E-state index >= 15 is 0 Å². The first-order valence-electron chi connectivity index (χ1n) is 6.65. The summed E-state index contributed by atoms with van der Waals surface area (Å²) >= 11 is 0. The number of nitrogens with zero attached hydrogens (tertiary/aromatic N) is 4. The van der Waals surface area contributed by atoms with Crippen LogP contribution in [-0.4, -0.2) is 19.7 Å². The van der Waals surface area contributed by atoms with Crippen LogP contribution in [0.15, 0.2) is 24.4 Å². The highest BCUT2D eigenvalue weighted by molar-refractivity contribution is 5.82. The fraction of sp³-hybridized carbons (Fsp3) is 0.267. The van der Waals surface area contributed by atoms with E-state index in [1.165, 1.54) is 0 Å². The minimum absolute atomic E-state index is 0.633. The average molecular weight is 265 g/mol. The van der Waals surface area contributed by atoms with E-state index in [9.17, 15) is 0 Å².